The number of thiophene rings is 1. The van der Waals surface area contributed by atoms with Crippen molar-refractivity contribution in [1.29, 1.82) is 0 Å². The lowest BCUT2D eigenvalue weighted by atomic mass is 10.1. The highest BCUT2D eigenvalue weighted by Crippen LogP contribution is 2.17. The Bertz CT molecular complexity index is 559. The van der Waals surface area contributed by atoms with E-state index < -0.39 is 0 Å². The van der Waals surface area contributed by atoms with Gasteiger partial charge in [0, 0.05) is 30.0 Å². The molecule has 1 aliphatic heterocycles. The Hall–Kier alpha value is -1.66. The summed E-state index contributed by atoms with van der Waals surface area (Å²) in [6.07, 6.45) is 3.19. The Kier molecular flexibility index (Phi) is 4.13. The molecule has 6 heteroatoms. The van der Waals surface area contributed by atoms with E-state index in [-0.39, 0.29) is 5.91 Å². The van der Waals surface area contributed by atoms with Crippen LogP contribution in [0.2, 0.25) is 0 Å². The fraction of sp³-hybridized carbons (Fsp3) is 0.429. The number of rotatable bonds is 5. The smallest absolute Gasteiger partial charge is 0.230 e. The molecule has 5 nitrogen and oxygen atoms in total. The molecule has 0 bridgehead atoms. The molecule has 0 aliphatic carbocycles. The molecule has 1 fully saturated rings. The minimum absolute atomic E-state index is 0.00290. The van der Waals surface area contributed by atoms with Crippen LogP contribution in [0, 0.1) is 5.92 Å². The highest BCUT2D eigenvalue weighted by Gasteiger charge is 2.18. The Morgan fingerprint density at radius 3 is 3.25 bits per heavy atom. The van der Waals surface area contributed by atoms with Gasteiger partial charge in [-0.15, -0.1) is 11.3 Å². The van der Waals surface area contributed by atoms with E-state index in [9.17, 15) is 4.79 Å². The molecule has 1 unspecified atom stereocenters. The largest absolute Gasteiger partial charge is 0.381 e. The van der Waals surface area contributed by atoms with Gasteiger partial charge in [0.15, 0.2) is 0 Å². The van der Waals surface area contributed by atoms with Crippen LogP contribution in [0.1, 0.15) is 11.3 Å². The Labute approximate surface area is 121 Å². The predicted octanol–water partition coefficient (Wildman–Crippen LogP) is 2.16. The third-order valence-electron chi connectivity index (χ3n) is 3.35. The third-order valence-corrected chi connectivity index (χ3v) is 4.23. The standard InChI is InChI=1S/C14H17N3O2S/c18-14(8-12-2-1-7-20-12)16-13-3-5-15-17(13)9-11-4-6-19-10-11/h1-3,5,7,11H,4,6,8-10H2,(H,16,18). The van der Waals surface area contributed by atoms with Crippen LogP contribution in [0.5, 0.6) is 0 Å². The first-order valence-electron chi connectivity index (χ1n) is 6.73. The van der Waals surface area contributed by atoms with Gasteiger partial charge in [-0.1, -0.05) is 6.07 Å². The van der Waals surface area contributed by atoms with Gasteiger partial charge in [-0.2, -0.15) is 5.10 Å². The normalized spacial score (nSPS) is 18.3. The Balaban J connectivity index is 1.59. The van der Waals surface area contributed by atoms with Crippen LogP contribution >= 0.6 is 11.3 Å². The summed E-state index contributed by atoms with van der Waals surface area (Å²) in [5, 5.41) is 9.19. The second-order valence-corrected chi connectivity index (χ2v) is 5.96. The second-order valence-electron chi connectivity index (χ2n) is 4.93. The molecule has 0 aromatic carbocycles. The van der Waals surface area contributed by atoms with Gasteiger partial charge in [0.05, 0.1) is 19.2 Å². The maximum absolute atomic E-state index is 12.0. The SMILES string of the molecule is O=C(Cc1cccs1)Nc1ccnn1CC1CCOC1. The number of ether oxygens (including phenoxy) is 1. The van der Waals surface area contributed by atoms with E-state index in [2.05, 4.69) is 10.4 Å². The van der Waals surface area contributed by atoms with Crippen molar-refractivity contribution in [3.8, 4) is 0 Å². The maximum atomic E-state index is 12.0. The summed E-state index contributed by atoms with van der Waals surface area (Å²) >= 11 is 1.59. The van der Waals surface area contributed by atoms with Gasteiger partial charge in [-0.3, -0.25) is 4.79 Å². The van der Waals surface area contributed by atoms with E-state index in [0.29, 0.717) is 12.3 Å². The van der Waals surface area contributed by atoms with Crippen LogP contribution in [0.15, 0.2) is 29.8 Å². The lowest BCUT2D eigenvalue weighted by Crippen LogP contribution is -2.19. The zero-order valence-corrected chi connectivity index (χ0v) is 11.9. The molecule has 1 amide bonds. The van der Waals surface area contributed by atoms with Crippen molar-refractivity contribution in [1.82, 2.24) is 9.78 Å². The van der Waals surface area contributed by atoms with E-state index in [1.807, 2.05) is 28.3 Å². The van der Waals surface area contributed by atoms with Crippen molar-refractivity contribution in [2.75, 3.05) is 18.5 Å². The van der Waals surface area contributed by atoms with E-state index in [4.69, 9.17) is 4.74 Å². The molecule has 20 heavy (non-hydrogen) atoms. The highest BCUT2D eigenvalue weighted by molar-refractivity contribution is 7.10. The van der Waals surface area contributed by atoms with Crippen molar-refractivity contribution in [3.63, 3.8) is 0 Å². The number of amides is 1. The minimum atomic E-state index is -0.00290. The van der Waals surface area contributed by atoms with Crippen LogP contribution in [0.25, 0.3) is 0 Å². The number of anilines is 1. The molecule has 1 saturated heterocycles. The molecule has 0 radical (unpaired) electrons. The zero-order valence-electron chi connectivity index (χ0n) is 11.1. The lowest BCUT2D eigenvalue weighted by Gasteiger charge is -2.12. The molecule has 3 heterocycles. The number of carbonyl (C=O) groups excluding carboxylic acids is 1. The number of hydrogen-bond donors (Lipinski definition) is 1. The number of carbonyl (C=O) groups is 1. The molecular formula is C14H17N3O2S. The summed E-state index contributed by atoms with van der Waals surface area (Å²) in [7, 11) is 0. The fourth-order valence-electron chi connectivity index (χ4n) is 2.31. The van der Waals surface area contributed by atoms with E-state index in [1.165, 1.54) is 0 Å². The number of nitrogens with one attached hydrogen (secondary N) is 1. The van der Waals surface area contributed by atoms with Gasteiger partial charge in [-0.25, -0.2) is 4.68 Å². The Morgan fingerprint density at radius 1 is 1.55 bits per heavy atom. The van der Waals surface area contributed by atoms with Crippen molar-refractivity contribution in [3.05, 3.63) is 34.7 Å². The molecule has 1 N–H and O–H groups in total. The molecule has 3 rings (SSSR count). The van der Waals surface area contributed by atoms with E-state index >= 15 is 0 Å². The number of aromatic nitrogens is 2. The summed E-state index contributed by atoms with van der Waals surface area (Å²) < 4.78 is 7.22. The maximum Gasteiger partial charge on any atom is 0.230 e. The average Bonchev–Trinajstić information content (AvgIpc) is 3.14. The van der Waals surface area contributed by atoms with Gasteiger partial charge in [0.2, 0.25) is 5.91 Å². The molecule has 1 atom stereocenters. The predicted molar refractivity (Wildman–Crippen MR) is 77.8 cm³/mol. The van der Waals surface area contributed by atoms with Gasteiger partial charge in [-0.05, 0) is 17.9 Å². The van der Waals surface area contributed by atoms with E-state index in [0.717, 1.165) is 36.9 Å². The van der Waals surface area contributed by atoms with Gasteiger partial charge in [0.1, 0.15) is 5.82 Å². The molecule has 106 valence electrons. The lowest BCUT2D eigenvalue weighted by molar-refractivity contribution is -0.115. The average molecular weight is 291 g/mol. The summed E-state index contributed by atoms with van der Waals surface area (Å²) in [6, 6.07) is 5.76. The monoisotopic (exact) mass is 291 g/mol. The fourth-order valence-corrected chi connectivity index (χ4v) is 3.02. The van der Waals surface area contributed by atoms with E-state index in [1.54, 1.807) is 17.5 Å². The van der Waals surface area contributed by atoms with Crippen molar-refractivity contribution < 1.29 is 9.53 Å². The highest BCUT2D eigenvalue weighted by atomic mass is 32.1. The summed E-state index contributed by atoms with van der Waals surface area (Å²) in [6.45, 7) is 2.40. The molecule has 0 spiro atoms. The number of nitrogens with zero attached hydrogens (tertiary/aromatic N) is 2. The van der Waals surface area contributed by atoms with Crippen LogP contribution in [0.4, 0.5) is 5.82 Å². The van der Waals surface area contributed by atoms with Gasteiger partial charge < -0.3 is 10.1 Å². The molecule has 1 aliphatic rings. The van der Waals surface area contributed by atoms with Crippen LogP contribution < -0.4 is 5.32 Å². The van der Waals surface area contributed by atoms with Crippen molar-refractivity contribution >= 4 is 23.1 Å². The molecule has 2 aromatic rings. The topological polar surface area (TPSA) is 56.2 Å². The van der Waals surface area contributed by atoms with Crippen LogP contribution in [-0.4, -0.2) is 28.9 Å². The molecular weight excluding hydrogens is 274 g/mol. The van der Waals surface area contributed by atoms with Crippen LogP contribution in [-0.2, 0) is 22.5 Å². The Morgan fingerprint density at radius 2 is 2.50 bits per heavy atom. The minimum Gasteiger partial charge on any atom is -0.381 e. The quantitative estimate of drug-likeness (QED) is 0.918. The van der Waals surface area contributed by atoms with Gasteiger partial charge in [0.25, 0.3) is 0 Å². The number of hydrogen-bond acceptors (Lipinski definition) is 4. The molecule has 2 aromatic heterocycles. The van der Waals surface area contributed by atoms with Crippen molar-refractivity contribution in [2.45, 2.75) is 19.4 Å². The van der Waals surface area contributed by atoms with Crippen molar-refractivity contribution in [2.24, 2.45) is 5.92 Å². The zero-order chi connectivity index (χ0) is 13.8. The third kappa shape index (κ3) is 3.26. The second kappa shape index (κ2) is 6.19. The summed E-state index contributed by atoms with van der Waals surface area (Å²) in [5.74, 6) is 1.25. The summed E-state index contributed by atoms with van der Waals surface area (Å²) in [5.41, 5.74) is 0. The first-order valence-corrected chi connectivity index (χ1v) is 7.61. The van der Waals surface area contributed by atoms with Crippen LogP contribution in [0.3, 0.4) is 0 Å². The first-order chi connectivity index (χ1) is 9.81. The summed E-state index contributed by atoms with van der Waals surface area (Å²) in [4.78, 5) is 13.1. The van der Waals surface area contributed by atoms with Gasteiger partial charge >= 0.3 is 0 Å². The first kappa shape index (κ1) is 13.3. The molecule has 0 saturated carbocycles.